The summed E-state index contributed by atoms with van der Waals surface area (Å²) in [6.45, 7) is 3.68. The zero-order valence-corrected chi connectivity index (χ0v) is 13.3. The van der Waals surface area contributed by atoms with Crippen LogP contribution in [0.5, 0.6) is 0 Å². The van der Waals surface area contributed by atoms with E-state index in [1.54, 1.807) is 19.9 Å². The molecule has 1 unspecified atom stereocenters. The molecule has 0 radical (unpaired) electrons. The van der Waals surface area contributed by atoms with Gasteiger partial charge in [-0.25, -0.2) is 9.59 Å². The molecule has 1 aromatic carbocycles. The second kappa shape index (κ2) is 7.53. The van der Waals surface area contributed by atoms with Gasteiger partial charge in [0, 0.05) is 18.6 Å². The maximum atomic E-state index is 12.2. The fraction of sp³-hybridized carbons (Fsp3) is 0.400. The van der Waals surface area contributed by atoms with Crippen LogP contribution in [0.4, 0.5) is 11.4 Å². The minimum Gasteiger partial charge on any atom is -0.464 e. The molecule has 1 heterocycles. The van der Waals surface area contributed by atoms with Gasteiger partial charge in [-0.15, -0.1) is 0 Å². The molecule has 0 bridgehead atoms. The summed E-state index contributed by atoms with van der Waals surface area (Å²) in [5.41, 5.74) is 0.248. The Morgan fingerprint density at radius 2 is 2.04 bits per heavy atom. The molecular weight excluding hydrogens is 318 g/mol. The Bertz CT molecular complexity index is 688. The molecule has 1 aromatic rings. The van der Waals surface area contributed by atoms with Crippen LogP contribution in [-0.4, -0.2) is 41.8 Å². The van der Waals surface area contributed by atoms with E-state index in [2.05, 4.69) is 5.10 Å². The third kappa shape index (κ3) is 3.67. The molecule has 0 saturated heterocycles. The van der Waals surface area contributed by atoms with Crippen molar-refractivity contribution in [2.75, 3.05) is 18.2 Å². The molecule has 9 nitrogen and oxygen atoms in total. The number of hydrogen-bond donors (Lipinski definition) is 0. The van der Waals surface area contributed by atoms with Crippen molar-refractivity contribution in [3.63, 3.8) is 0 Å². The number of benzene rings is 1. The molecule has 2 rings (SSSR count). The van der Waals surface area contributed by atoms with Gasteiger partial charge in [0.1, 0.15) is 5.71 Å². The van der Waals surface area contributed by atoms with Crippen molar-refractivity contribution in [1.82, 2.24) is 0 Å². The molecule has 0 fully saturated rings. The van der Waals surface area contributed by atoms with Crippen molar-refractivity contribution in [3.05, 3.63) is 34.4 Å². The van der Waals surface area contributed by atoms with E-state index in [-0.39, 0.29) is 31.0 Å². The van der Waals surface area contributed by atoms with Crippen molar-refractivity contribution >= 4 is 29.0 Å². The molecule has 1 atom stereocenters. The molecular formula is C15H17N3O6. The molecule has 0 aromatic heterocycles. The van der Waals surface area contributed by atoms with E-state index in [4.69, 9.17) is 9.47 Å². The summed E-state index contributed by atoms with van der Waals surface area (Å²) in [6.07, 6.45) is 0.0142. The van der Waals surface area contributed by atoms with Crippen LogP contribution in [0.1, 0.15) is 20.3 Å². The van der Waals surface area contributed by atoms with Crippen molar-refractivity contribution in [2.24, 2.45) is 5.10 Å². The van der Waals surface area contributed by atoms with Crippen LogP contribution < -0.4 is 5.01 Å². The van der Waals surface area contributed by atoms with Gasteiger partial charge < -0.3 is 9.47 Å². The van der Waals surface area contributed by atoms with Gasteiger partial charge in [-0.3, -0.25) is 15.1 Å². The number of nitro benzene ring substituents is 1. The first kappa shape index (κ1) is 17.4. The van der Waals surface area contributed by atoms with Crippen LogP contribution in [0.2, 0.25) is 0 Å². The van der Waals surface area contributed by atoms with Crippen LogP contribution in [0.15, 0.2) is 29.4 Å². The van der Waals surface area contributed by atoms with Gasteiger partial charge >= 0.3 is 11.9 Å². The summed E-state index contributed by atoms with van der Waals surface area (Å²) < 4.78 is 9.91. The molecule has 24 heavy (non-hydrogen) atoms. The summed E-state index contributed by atoms with van der Waals surface area (Å²) in [4.78, 5) is 34.4. The van der Waals surface area contributed by atoms with E-state index in [1.807, 2.05) is 0 Å². The average Bonchev–Trinajstić information content (AvgIpc) is 3.01. The van der Waals surface area contributed by atoms with E-state index in [9.17, 15) is 19.7 Å². The Hall–Kier alpha value is -2.97. The maximum absolute atomic E-state index is 12.2. The first-order valence-electron chi connectivity index (χ1n) is 7.42. The Kier molecular flexibility index (Phi) is 5.46. The van der Waals surface area contributed by atoms with Crippen LogP contribution in [0.3, 0.4) is 0 Å². The highest BCUT2D eigenvalue weighted by Crippen LogP contribution is 2.28. The molecule has 1 aliphatic heterocycles. The minimum atomic E-state index is -0.869. The first-order valence-corrected chi connectivity index (χ1v) is 7.42. The number of carbonyl (C=O) groups excluding carboxylic acids is 2. The number of hydrazone groups is 1. The lowest BCUT2D eigenvalue weighted by Gasteiger charge is -2.21. The maximum Gasteiger partial charge on any atom is 0.354 e. The number of anilines is 1. The summed E-state index contributed by atoms with van der Waals surface area (Å²) in [5.74, 6) is -1.19. The topological polar surface area (TPSA) is 111 Å². The van der Waals surface area contributed by atoms with E-state index >= 15 is 0 Å². The Morgan fingerprint density at radius 1 is 1.33 bits per heavy atom. The number of carbonyl (C=O) groups is 2. The highest BCUT2D eigenvalue weighted by Gasteiger charge is 2.38. The average molecular weight is 335 g/mol. The normalized spacial score (nSPS) is 16.5. The third-order valence-corrected chi connectivity index (χ3v) is 3.29. The zero-order chi connectivity index (χ0) is 17.7. The van der Waals surface area contributed by atoms with Crippen LogP contribution in [0.25, 0.3) is 0 Å². The van der Waals surface area contributed by atoms with Crippen LogP contribution >= 0.6 is 0 Å². The van der Waals surface area contributed by atoms with Gasteiger partial charge in [0.25, 0.3) is 5.69 Å². The number of nitro groups is 1. The largest absolute Gasteiger partial charge is 0.464 e. The fourth-order valence-electron chi connectivity index (χ4n) is 2.26. The Morgan fingerprint density at radius 3 is 2.67 bits per heavy atom. The fourth-order valence-corrected chi connectivity index (χ4v) is 2.26. The van der Waals surface area contributed by atoms with Crippen LogP contribution in [0, 0.1) is 10.1 Å². The van der Waals surface area contributed by atoms with Crippen LogP contribution in [-0.2, 0) is 19.1 Å². The molecule has 1 aliphatic rings. The number of ether oxygens (including phenoxy) is 2. The highest BCUT2D eigenvalue weighted by molar-refractivity contribution is 6.38. The molecule has 0 amide bonds. The second-order valence-electron chi connectivity index (χ2n) is 4.86. The number of non-ortho nitro benzene ring substituents is 1. The van der Waals surface area contributed by atoms with Crippen molar-refractivity contribution in [1.29, 1.82) is 0 Å². The minimum absolute atomic E-state index is 0.0142. The van der Waals surface area contributed by atoms with Crippen molar-refractivity contribution in [3.8, 4) is 0 Å². The monoisotopic (exact) mass is 335 g/mol. The Labute approximate surface area is 138 Å². The van der Waals surface area contributed by atoms with E-state index in [0.29, 0.717) is 5.69 Å². The van der Waals surface area contributed by atoms with Gasteiger partial charge in [0.15, 0.2) is 6.04 Å². The quantitative estimate of drug-likeness (QED) is 0.441. The summed E-state index contributed by atoms with van der Waals surface area (Å²) in [7, 11) is 0. The molecule has 128 valence electrons. The standard InChI is InChI=1S/C15H17N3O6/c1-3-23-14(19)12-9-13(15(20)24-4-2)17(16-12)10-6-5-7-11(8-10)18(21)22/h5-8,13H,3-4,9H2,1-2H3. The van der Waals surface area contributed by atoms with Gasteiger partial charge in [0.2, 0.25) is 0 Å². The molecule has 0 saturated carbocycles. The van der Waals surface area contributed by atoms with E-state index < -0.39 is 22.9 Å². The predicted molar refractivity (Wildman–Crippen MR) is 84.7 cm³/mol. The Balaban J connectivity index is 2.36. The SMILES string of the molecule is CCOC(=O)C1=NN(c2cccc([N+](=O)[O-])c2)C(C(=O)OCC)C1. The molecule has 0 N–H and O–H groups in total. The summed E-state index contributed by atoms with van der Waals surface area (Å²) in [5, 5.41) is 16.3. The number of esters is 2. The molecule has 0 aliphatic carbocycles. The third-order valence-electron chi connectivity index (χ3n) is 3.29. The lowest BCUT2D eigenvalue weighted by atomic mass is 10.1. The zero-order valence-electron chi connectivity index (χ0n) is 13.3. The van der Waals surface area contributed by atoms with Gasteiger partial charge in [-0.1, -0.05) is 6.07 Å². The lowest BCUT2D eigenvalue weighted by Crippen LogP contribution is -2.36. The smallest absolute Gasteiger partial charge is 0.354 e. The number of hydrogen-bond acceptors (Lipinski definition) is 8. The van der Waals surface area contributed by atoms with Gasteiger partial charge in [-0.2, -0.15) is 5.10 Å². The van der Waals surface area contributed by atoms with Gasteiger partial charge in [0.05, 0.1) is 23.8 Å². The second-order valence-corrected chi connectivity index (χ2v) is 4.86. The summed E-state index contributed by atoms with van der Waals surface area (Å²) >= 11 is 0. The highest BCUT2D eigenvalue weighted by atomic mass is 16.6. The lowest BCUT2D eigenvalue weighted by molar-refractivity contribution is -0.384. The predicted octanol–water partition coefficient (Wildman–Crippen LogP) is 1.66. The van der Waals surface area contributed by atoms with E-state index in [1.165, 1.54) is 23.2 Å². The van der Waals surface area contributed by atoms with Gasteiger partial charge in [-0.05, 0) is 19.9 Å². The molecule has 0 spiro atoms. The van der Waals surface area contributed by atoms with E-state index in [0.717, 1.165) is 0 Å². The molecule has 9 heteroatoms. The number of rotatable bonds is 6. The van der Waals surface area contributed by atoms with Crippen molar-refractivity contribution < 1.29 is 24.0 Å². The number of nitrogens with zero attached hydrogens (tertiary/aromatic N) is 3. The summed E-state index contributed by atoms with van der Waals surface area (Å²) in [6, 6.07) is 4.79. The first-order chi connectivity index (χ1) is 11.5. The van der Waals surface area contributed by atoms with Crippen molar-refractivity contribution in [2.45, 2.75) is 26.3 Å².